The van der Waals surface area contributed by atoms with Crippen LogP contribution < -0.4 is 10.0 Å². The van der Waals surface area contributed by atoms with Crippen LogP contribution in [-0.4, -0.2) is 54.8 Å². The highest BCUT2D eigenvalue weighted by Crippen LogP contribution is 2.14. The van der Waals surface area contributed by atoms with Crippen LogP contribution >= 0.6 is 0 Å². The van der Waals surface area contributed by atoms with Gasteiger partial charge >= 0.3 is 0 Å². The Bertz CT molecular complexity index is 1120. The van der Waals surface area contributed by atoms with Gasteiger partial charge < -0.3 is 14.6 Å². The van der Waals surface area contributed by atoms with Gasteiger partial charge in [0.25, 0.3) is 5.91 Å². The standard InChI is InChI=1S/C20H23N5O3S/c1-24-10-8-17(14-24)23-29(27,28)18-5-2-15(3-6-18)12-22-20(26)16-4-7-19-21-9-11-25(19)13-16/h2-7,9,11,13,17,23H,8,10,12,14H2,1H3,(H,22,26). The molecule has 0 aliphatic carbocycles. The van der Waals surface area contributed by atoms with E-state index in [4.69, 9.17) is 0 Å². The number of likely N-dealkylation sites (tertiary alicyclic amines) is 1. The average Bonchev–Trinajstić information content (AvgIpc) is 3.34. The maximum Gasteiger partial charge on any atom is 0.253 e. The molecule has 29 heavy (non-hydrogen) atoms. The van der Waals surface area contributed by atoms with E-state index < -0.39 is 10.0 Å². The lowest BCUT2D eigenvalue weighted by Crippen LogP contribution is -2.36. The highest BCUT2D eigenvalue weighted by molar-refractivity contribution is 7.89. The molecule has 1 aromatic carbocycles. The van der Waals surface area contributed by atoms with Crippen molar-refractivity contribution in [2.75, 3.05) is 20.1 Å². The van der Waals surface area contributed by atoms with Crippen LogP contribution in [0.15, 0.2) is 59.9 Å². The number of pyridine rings is 1. The number of aromatic nitrogens is 2. The van der Waals surface area contributed by atoms with E-state index >= 15 is 0 Å². The minimum absolute atomic E-state index is 0.0585. The van der Waals surface area contributed by atoms with Crippen LogP contribution in [0.1, 0.15) is 22.3 Å². The molecule has 8 nitrogen and oxygen atoms in total. The third kappa shape index (κ3) is 4.47. The summed E-state index contributed by atoms with van der Waals surface area (Å²) in [6.07, 6.45) is 5.99. The number of likely N-dealkylation sites (N-methyl/N-ethyl adjacent to an activating group) is 1. The molecule has 1 aliphatic rings. The number of hydrogen-bond donors (Lipinski definition) is 2. The maximum atomic E-state index is 12.5. The van der Waals surface area contributed by atoms with E-state index in [-0.39, 0.29) is 16.8 Å². The van der Waals surface area contributed by atoms with Gasteiger partial charge in [0.1, 0.15) is 5.65 Å². The molecule has 1 amide bonds. The molecule has 1 atom stereocenters. The fourth-order valence-electron chi connectivity index (χ4n) is 3.44. The molecule has 1 aliphatic heterocycles. The number of nitrogens with zero attached hydrogens (tertiary/aromatic N) is 3. The minimum atomic E-state index is -3.55. The third-order valence-electron chi connectivity index (χ3n) is 5.05. The van der Waals surface area contributed by atoms with E-state index in [1.807, 2.05) is 7.05 Å². The van der Waals surface area contributed by atoms with Gasteiger partial charge in [-0.1, -0.05) is 12.1 Å². The van der Waals surface area contributed by atoms with Crippen LogP contribution in [0.2, 0.25) is 0 Å². The van der Waals surface area contributed by atoms with Crippen LogP contribution in [-0.2, 0) is 16.6 Å². The normalized spacial score (nSPS) is 17.6. The van der Waals surface area contributed by atoms with Crippen molar-refractivity contribution in [3.8, 4) is 0 Å². The van der Waals surface area contributed by atoms with Gasteiger partial charge in [0.2, 0.25) is 10.0 Å². The van der Waals surface area contributed by atoms with Crippen molar-refractivity contribution >= 4 is 21.6 Å². The quantitative estimate of drug-likeness (QED) is 0.634. The van der Waals surface area contributed by atoms with Crippen LogP contribution in [0, 0.1) is 0 Å². The Kier molecular flexibility index (Phi) is 5.35. The first kappa shape index (κ1) is 19.6. The van der Waals surface area contributed by atoms with Gasteiger partial charge in [-0.2, -0.15) is 0 Å². The molecule has 9 heteroatoms. The van der Waals surface area contributed by atoms with Gasteiger partial charge in [-0.05, 0) is 49.8 Å². The highest BCUT2D eigenvalue weighted by Gasteiger charge is 2.25. The largest absolute Gasteiger partial charge is 0.348 e. The van der Waals surface area contributed by atoms with Crippen LogP contribution in [0.5, 0.6) is 0 Å². The zero-order valence-electron chi connectivity index (χ0n) is 16.1. The smallest absolute Gasteiger partial charge is 0.253 e. The Balaban J connectivity index is 1.37. The topological polar surface area (TPSA) is 95.8 Å². The van der Waals surface area contributed by atoms with Crippen molar-refractivity contribution in [1.82, 2.24) is 24.3 Å². The monoisotopic (exact) mass is 413 g/mol. The van der Waals surface area contributed by atoms with E-state index in [1.165, 1.54) is 0 Å². The first-order valence-corrected chi connectivity index (χ1v) is 10.9. The van der Waals surface area contributed by atoms with E-state index in [1.54, 1.807) is 59.4 Å². The second kappa shape index (κ2) is 7.94. The lowest BCUT2D eigenvalue weighted by Gasteiger charge is -2.13. The summed E-state index contributed by atoms with van der Waals surface area (Å²) in [7, 11) is -1.57. The zero-order chi connectivity index (χ0) is 20.4. The molecule has 4 rings (SSSR count). The lowest BCUT2D eigenvalue weighted by molar-refractivity contribution is 0.0950. The number of rotatable bonds is 6. The number of sulfonamides is 1. The van der Waals surface area contributed by atoms with Gasteiger partial charge in [-0.3, -0.25) is 4.79 Å². The molecule has 2 N–H and O–H groups in total. The second-order valence-electron chi connectivity index (χ2n) is 7.31. The Hall–Kier alpha value is -2.75. The van der Waals surface area contributed by atoms with Crippen LogP contribution in [0.3, 0.4) is 0 Å². The summed E-state index contributed by atoms with van der Waals surface area (Å²) in [5.74, 6) is -0.204. The number of hydrogen-bond acceptors (Lipinski definition) is 5. The van der Waals surface area contributed by atoms with Crippen molar-refractivity contribution in [3.05, 3.63) is 66.1 Å². The van der Waals surface area contributed by atoms with E-state index in [0.29, 0.717) is 18.7 Å². The number of nitrogens with one attached hydrogen (secondary N) is 2. The molecule has 0 saturated carbocycles. The van der Waals surface area contributed by atoms with Gasteiger partial charge in [0.05, 0.1) is 10.5 Å². The van der Waals surface area contributed by atoms with E-state index in [2.05, 4.69) is 19.9 Å². The third-order valence-corrected chi connectivity index (χ3v) is 6.59. The van der Waals surface area contributed by atoms with Crippen LogP contribution in [0.25, 0.3) is 5.65 Å². The Morgan fingerprint density at radius 2 is 2.00 bits per heavy atom. The van der Waals surface area contributed by atoms with Crippen molar-refractivity contribution in [1.29, 1.82) is 0 Å². The Morgan fingerprint density at radius 1 is 1.21 bits per heavy atom. The molecule has 0 radical (unpaired) electrons. The molecule has 152 valence electrons. The number of carbonyl (C=O) groups excluding carboxylic acids is 1. The SMILES string of the molecule is CN1CCC(NS(=O)(=O)c2ccc(CNC(=O)c3ccc4nccn4c3)cc2)C1. The number of amides is 1. The fraction of sp³-hybridized carbons (Fsp3) is 0.300. The maximum absolute atomic E-state index is 12.5. The molecule has 2 aromatic heterocycles. The summed E-state index contributed by atoms with van der Waals surface area (Å²) in [6, 6.07) is 10.0. The summed E-state index contributed by atoms with van der Waals surface area (Å²) in [4.78, 5) is 18.9. The average molecular weight is 414 g/mol. The van der Waals surface area contributed by atoms with Crippen molar-refractivity contribution in [3.63, 3.8) is 0 Å². The summed E-state index contributed by atoms with van der Waals surface area (Å²) in [5, 5.41) is 2.85. The van der Waals surface area contributed by atoms with Crippen molar-refractivity contribution in [2.45, 2.75) is 23.9 Å². The number of fused-ring (bicyclic) bond motifs is 1. The predicted molar refractivity (Wildman–Crippen MR) is 109 cm³/mol. The Morgan fingerprint density at radius 3 is 2.72 bits per heavy atom. The number of carbonyl (C=O) groups is 1. The van der Waals surface area contributed by atoms with Gasteiger partial charge in [0.15, 0.2) is 0 Å². The zero-order valence-corrected chi connectivity index (χ0v) is 16.9. The molecular formula is C20H23N5O3S. The second-order valence-corrected chi connectivity index (χ2v) is 9.02. The summed E-state index contributed by atoms with van der Waals surface area (Å²) in [5.41, 5.74) is 2.12. The molecular weight excluding hydrogens is 390 g/mol. The van der Waals surface area contributed by atoms with Crippen molar-refractivity contribution in [2.24, 2.45) is 0 Å². The van der Waals surface area contributed by atoms with Gasteiger partial charge in [0, 0.05) is 37.7 Å². The van der Waals surface area contributed by atoms with Gasteiger partial charge in [-0.25, -0.2) is 18.1 Å². The summed E-state index contributed by atoms with van der Waals surface area (Å²) in [6.45, 7) is 1.91. The molecule has 1 fully saturated rings. The molecule has 0 bridgehead atoms. The fourth-order valence-corrected chi connectivity index (χ4v) is 4.71. The Labute approximate surface area is 169 Å². The lowest BCUT2D eigenvalue weighted by atomic mass is 10.2. The van der Waals surface area contributed by atoms with E-state index in [9.17, 15) is 13.2 Å². The molecule has 1 unspecified atom stereocenters. The summed E-state index contributed by atoms with van der Waals surface area (Å²) >= 11 is 0. The molecule has 0 spiro atoms. The molecule has 3 heterocycles. The summed E-state index contributed by atoms with van der Waals surface area (Å²) < 4.78 is 29.6. The van der Waals surface area contributed by atoms with E-state index in [0.717, 1.165) is 24.2 Å². The van der Waals surface area contributed by atoms with Crippen molar-refractivity contribution < 1.29 is 13.2 Å². The molecule has 1 saturated heterocycles. The van der Waals surface area contributed by atoms with Crippen LogP contribution in [0.4, 0.5) is 0 Å². The van der Waals surface area contributed by atoms with Gasteiger partial charge in [-0.15, -0.1) is 0 Å². The first-order chi connectivity index (χ1) is 13.9. The minimum Gasteiger partial charge on any atom is -0.348 e. The predicted octanol–water partition coefficient (Wildman–Crippen LogP) is 1.25. The molecule has 3 aromatic rings. The number of benzene rings is 1. The number of imidazole rings is 1. The first-order valence-electron chi connectivity index (χ1n) is 9.41. The highest BCUT2D eigenvalue weighted by atomic mass is 32.2.